The van der Waals surface area contributed by atoms with Crippen LogP contribution in [0.15, 0.2) is 127 Å². The number of methoxy groups -OCH3 is 4. The molecule has 7 rings (SSSR count). The number of anilines is 1. The van der Waals surface area contributed by atoms with Crippen molar-refractivity contribution in [1.82, 2.24) is 0 Å². The molecule has 0 atom stereocenters. The number of hydrogen-bond acceptors (Lipinski definition) is 13. The van der Waals surface area contributed by atoms with Crippen LogP contribution in [-0.4, -0.2) is 91.0 Å². The molecule has 0 aliphatic heterocycles. The Morgan fingerprint density at radius 3 is 0.953 bits per heavy atom. The van der Waals surface area contributed by atoms with Crippen LogP contribution in [0, 0.1) is 0 Å². The van der Waals surface area contributed by atoms with Gasteiger partial charge in [-0.1, -0.05) is 36.4 Å². The number of hydrogen-bond donors (Lipinski definition) is 4. The number of carboxylic acid groups (broad SMARTS) is 2. The first-order valence-electron chi connectivity index (χ1n) is 18.2. The minimum absolute atomic E-state index is 0. The number of fused-ring (bicyclic) bond motifs is 3. The van der Waals surface area contributed by atoms with Gasteiger partial charge in [0.15, 0.2) is 0 Å². The molecule has 7 aromatic rings. The maximum Gasteiger partial charge on any atom is 1.00 e. The predicted octanol–water partition coefficient (Wildman–Crippen LogP) is 4.85. The number of nitrogens with one attached hydrogen (secondary N) is 1. The van der Waals surface area contributed by atoms with Crippen molar-refractivity contribution in [2.75, 3.05) is 33.8 Å². The van der Waals surface area contributed by atoms with E-state index in [9.17, 15) is 38.7 Å². The number of esters is 4. The quantitative estimate of drug-likeness (QED) is 0.0689. The third-order valence-electron chi connectivity index (χ3n) is 9.21. The molecule has 0 radical (unpaired) electrons. The van der Waals surface area contributed by atoms with Crippen molar-refractivity contribution in [3.63, 3.8) is 0 Å². The molecule has 0 aromatic heterocycles. The Labute approximate surface area is 386 Å². The van der Waals surface area contributed by atoms with E-state index in [1.807, 2.05) is 0 Å². The largest absolute Gasteiger partial charge is 1.00 e. The molecule has 64 heavy (non-hydrogen) atoms. The summed E-state index contributed by atoms with van der Waals surface area (Å²) >= 11 is 0. The molecule has 7 aromatic carbocycles. The molecular weight excluding hydrogens is 841 g/mol. The first-order chi connectivity index (χ1) is 29.6. The Kier molecular flexibility index (Phi) is 18.2. The Morgan fingerprint density at radius 2 is 0.641 bits per heavy atom. The molecule has 0 fully saturated rings. The number of ether oxygens (including phenoxy) is 4. The molecule has 0 heterocycles. The van der Waals surface area contributed by atoms with Crippen LogP contribution in [0.3, 0.4) is 0 Å². The zero-order chi connectivity index (χ0) is 45.1. The van der Waals surface area contributed by atoms with E-state index >= 15 is 0 Å². The predicted molar refractivity (Wildman–Crippen MR) is 229 cm³/mol. The second kappa shape index (κ2) is 23.0. The minimum Gasteiger partial charge on any atom is -0.870 e. The molecule has 0 bridgehead atoms. The Morgan fingerprint density at radius 1 is 0.391 bits per heavy atom. The molecule has 0 spiro atoms. The summed E-state index contributed by atoms with van der Waals surface area (Å²) in [7, 11) is 5.30. The van der Waals surface area contributed by atoms with Crippen molar-refractivity contribution in [2.24, 2.45) is 0 Å². The van der Waals surface area contributed by atoms with Crippen molar-refractivity contribution in [3.8, 4) is 5.75 Å². The van der Waals surface area contributed by atoms with E-state index < -0.39 is 29.8 Å². The van der Waals surface area contributed by atoms with Gasteiger partial charge >= 0.3 is 65.4 Å². The zero-order valence-corrected chi connectivity index (χ0v) is 36.9. The van der Waals surface area contributed by atoms with E-state index in [-0.39, 0.29) is 69.5 Å². The molecule has 0 aliphatic rings. The SMILES string of the molecule is COC(=O)c1ccc2cc(C(=O)Nc3cc(C(=O)O)ccc3O)ccc2c1.COC(=O)c1ccc2cc(C(=O)O)ccc2c1.COC(=O)c1ccc2cc(C(=O)OC)ccc2c1.[Na+].[OH-]. The fourth-order valence-electron chi connectivity index (χ4n) is 5.95. The maximum atomic E-state index is 12.5. The van der Waals surface area contributed by atoms with E-state index in [0.717, 1.165) is 32.3 Å². The third-order valence-corrected chi connectivity index (χ3v) is 9.21. The fourth-order valence-corrected chi connectivity index (χ4v) is 5.95. The summed E-state index contributed by atoms with van der Waals surface area (Å²) in [5.74, 6) is -4.50. The van der Waals surface area contributed by atoms with Crippen LogP contribution in [-0.2, 0) is 18.9 Å². The van der Waals surface area contributed by atoms with E-state index in [1.54, 1.807) is 103 Å². The molecule has 16 nitrogen and oxygen atoms in total. The van der Waals surface area contributed by atoms with Crippen LogP contribution in [0.1, 0.15) is 72.5 Å². The number of benzene rings is 7. The zero-order valence-electron chi connectivity index (χ0n) is 34.9. The van der Waals surface area contributed by atoms with E-state index in [1.165, 1.54) is 52.7 Å². The number of aromatic carboxylic acids is 2. The minimum atomic E-state index is -1.17. The monoisotopic (exact) mass is 879 g/mol. The Hall–Kier alpha value is -7.63. The van der Waals surface area contributed by atoms with Gasteiger partial charge in [-0.2, -0.15) is 0 Å². The average Bonchev–Trinajstić information content (AvgIpc) is 3.30. The number of aromatic hydroxyl groups is 1. The van der Waals surface area contributed by atoms with E-state index in [4.69, 9.17) is 10.2 Å². The summed E-state index contributed by atoms with van der Waals surface area (Å²) in [4.78, 5) is 80.0. The first-order valence-corrected chi connectivity index (χ1v) is 18.2. The van der Waals surface area contributed by atoms with Gasteiger partial charge in [-0.05, 0) is 123 Å². The average molecular weight is 880 g/mol. The second-order valence-corrected chi connectivity index (χ2v) is 13.1. The summed E-state index contributed by atoms with van der Waals surface area (Å²) in [6.45, 7) is 0. The Balaban J connectivity index is 0.000000261. The van der Waals surface area contributed by atoms with Gasteiger partial charge in [0.1, 0.15) is 5.75 Å². The molecule has 0 saturated heterocycles. The van der Waals surface area contributed by atoms with Crippen LogP contribution < -0.4 is 34.9 Å². The van der Waals surface area contributed by atoms with Gasteiger partial charge in [0.25, 0.3) is 5.91 Å². The summed E-state index contributed by atoms with van der Waals surface area (Å²) < 4.78 is 18.6. The van der Waals surface area contributed by atoms with Crippen LogP contribution in [0.25, 0.3) is 32.3 Å². The fraction of sp³-hybridized carbons (Fsp3) is 0.0851. The van der Waals surface area contributed by atoms with Gasteiger partial charge < -0.3 is 45.1 Å². The number of phenolic OH excluding ortho intramolecular Hbond substituents is 1. The summed E-state index contributed by atoms with van der Waals surface area (Å²) in [5.41, 5.74) is 2.29. The molecule has 17 heteroatoms. The van der Waals surface area contributed by atoms with Crippen molar-refractivity contribution in [2.45, 2.75) is 0 Å². The summed E-state index contributed by atoms with van der Waals surface area (Å²) in [5, 5.41) is 35.0. The Bertz CT molecular complexity index is 2860. The number of phenols is 1. The molecule has 322 valence electrons. The van der Waals surface area contributed by atoms with E-state index in [0.29, 0.717) is 27.8 Å². The van der Waals surface area contributed by atoms with E-state index in [2.05, 4.69) is 24.3 Å². The van der Waals surface area contributed by atoms with Crippen LogP contribution in [0.2, 0.25) is 0 Å². The normalized spacial score (nSPS) is 9.94. The van der Waals surface area contributed by atoms with Crippen LogP contribution in [0.5, 0.6) is 5.75 Å². The van der Waals surface area contributed by atoms with Crippen molar-refractivity contribution >= 4 is 79.7 Å². The van der Waals surface area contributed by atoms with Gasteiger partial charge in [-0.3, -0.25) is 4.79 Å². The summed E-state index contributed by atoms with van der Waals surface area (Å²) in [6, 6.07) is 33.5. The van der Waals surface area contributed by atoms with Crippen LogP contribution in [0.4, 0.5) is 5.69 Å². The second-order valence-electron chi connectivity index (χ2n) is 13.1. The molecule has 0 saturated carbocycles. The number of amides is 1. The number of carbonyl (C=O) groups excluding carboxylic acids is 5. The van der Waals surface area contributed by atoms with Crippen LogP contribution >= 0.6 is 0 Å². The molecule has 1 amide bonds. The topological polar surface area (TPSA) is 259 Å². The summed E-state index contributed by atoms with van der Waals surface area (Å²) in [6.07, 6.45) is 0. The van der Waals surface area contributed by atoms with Gasteiger partial charge in [0, 0.05) is 5.56 Å². The molecular formula is C47H38NNaO15. The van der Waals surface area contributed by atoms with Gasteiger partial charge in [-0.25, -0.2) is 28.8 Å². The van der Waals surface area contributed by atoms with Crippen molar-refractivity contribution in [1.29, 1.82) is 0 Å². The van der Waals surface area contributed by atoms with Gasteiger partial charge in [0.05, 0.1) is 67.5 Å². The number of carbonyl (C=O) groups is 7. The van der Waals surface area contributed by atoms with Crippen molar-refractivity contribution in [3.05, 3.63) is 166 Å². The van der Waals surface area contributed by atoms with Gasteiger partial charge in [-0.15, -0.1) is 0 Å². The molecule has 0 unspecified atom stereocenters. The smallest absolute Gasteiger partial charge is 0.870 e. The van der Waals surface area contributed by atoms with Gasteiger partial charge in [0.2, 0.25) is 0 Å². The molecule has 5 N–H and O–H groups in total. The molecule has 0 aliphatic carbocycles. The number of rotatable bonds is 8. The standard InChI is InChI=1S/C20H15NO6.C14H12O4.C13H10O4.Na.H2O/c1-27-20(26)15-5-3-11-8-13(4-2-12(11)9-15)18(23)21-16-10-14(19(24)25)6-7-17(16)22;1-17-13(15)11-5-3-10-8-12(14(16)18-2)6-4-9(10)7-11;1-17-13(16)11-5-3-8-6-10(12(14)15)4-2-9(8)7-11;;/h2-10,22H,1H3,(H,21,23)(H,24,25);3-8H,1-2H3;2-7H,1H3,(H,14,15);;1H2/q;;;+1;/p-1. The van der Waals surface area contributed by atoms with Crippen molar-refractivity contribution < 1.29 is 103 Å². The maximum absolute atomic E-state index is 12.5. The third kappa shape index (κ3) is 12.5. The first kappa shape index (κ1) is 50.7. The number of carboxylic acids is 2.